The average molecular weight is 464 g/mol. The monoisotopic (exact) mass is 463 g/mol. The average Bonchev–Trinajstić information content (AvgIpc) is 2.99. The van der Waals surface area contributed by atoms with Crippen LogP contribution in [-0.2, 0) is 10.3 Å². The minimum atomic E-state index is -1.07. The van der Waals surface area contributed by atoms with Gasteiger partial charge in [0, 0.05) is 52.0 Å². The van der Waals surface area contributed by atoms with Crippen LogP contribution >= 0.6 is 0 Å². The van der Waals surface area contributed by atoms with Crippen molar-refractivity contribution < 1.29 is 14.4 Å². The number of carbonyl (C=O) groups is 3. The van der Waals surface area contributed by atoms with Gasteiger partial charge in [0.25, 0.3) is 11.8 Å². The number of pyridine rings is 1. The Hall–Kier alpha value is -3.42. The van der Waals surface area contributed by atoms with Crippen LogP contribution in [0.4, 0.5) is 10.6 Å². The number of nitrogens with zero attached hydrogens (tertiary/aromatic N) is 5. The number of imide groups is 1. The largest absolute Gasteiger partial charge is 0.353 e. The summed E-state index contributed by atoms with van der Waals surface area (Å²) in [7, 11) is 3.17. The number of amides is 4. The first-order valence-electron chi connectivity index (χ1n) is 11.7. The summed E-state index contributed by atoms with van der Waals surface area (Å²) in [5.41, 5.74) is 2.51. The second-order valence-corrected chi connectivity index (χ2v) is 9.64. The van der Waals surface area contributed by atoms with Crippen molar-refractivity contribution in [2.45, 2.75) is 33.2 Å². The van der Waals surface area contributed by atoms with Crippen LogP contribution in [0.15, 0.2) is 36.5 Å². The van der Waals surface area contributed by atoms with E-state index >= 15 is 0 Å². The smallest absolute Gasteiger partial charge is 0.327 e. The van der Waals surface area contributed by atoms with Gasteiger partial charge in [-0.1, -0.05) is 32.0 Å². The molecule has 0 bridgehead atoms. The molecule has 4 amide bonds. The number of aromatic nitrogens is 1. The standard InChI is InChI=1S/C26H33N5O3/c1-17(2)26(24(33)28(5)25(34)29(26)6)21-9-7-20(8-10-21)23(32)31-13-11-30(12-14-31)22-19(4)15-18(3)16-27-22/h7-10,15-17H,11-14H2,1-6H3. The van der Waals surface area contributed by atoms with Crippen molar-refractivity contribution in [3.8, 4) is 0 Å². The minimum Gasteiger partial charge on any atom is -0.353 e. The quantitative estimate of drug-likeness (QED) is 0.652. The van der Waals surface area contributed by atoms with Crippen LogP contribution in [0.3, 0.4) is 0 Å². The predicted octanol–water partition coefficient (Wildman–Crippen LogP) is 3.04. The molecule has 4 rings (SSSR count). The van der Waals surface area contributed by atoms with Crippen molar-refractivity contribution in [1.29, 1.82) is 0 Å². The van der Waals surface area contributed by atoms with E-state index in [4.69, 9.17) is 0 Å². The molecule has 8 nitrogen and oxygen atoms in total. The van der Waals surface area contributed by atoms with Gasteiger partial charge in [0.15, 0.2) is 5.54 Å². The summed E-state index contributed by atoms with van der Waals surface area (Å²) < 4.78 is 0. The SMILES string of the molecule is Cc1cnc(N2CCN(C(=O)c3ccc(C4(C(C)C)C(=O)N(C)C(=O)N4C)cc3)CC2)c(C)c1. The zero-order chi connectivity index (χ0) is 24.8. The number of hydrogen-bond donors (Lipinski definition) is 0. The molecule has 3 heterocycles. The van der Waals surface area contributed by atoms with Gasteiger partial charge in [0.2, 0.25) is 0 Å². The first-order chi connectivity index (χ1) is 16.1. The molecule has 180 valence electrons. The molecule has 8 heteroatoms. The van der Waals surface area contributed by atoms with Gasteiger partial charge in [-0.15, -0.1) is 0 Å². The lowest BCUT2D eigenvalue weighted by molar-refractivity contribution is -0.134. The molecule has 0 radical (unpaired) electrons. The maximum atomic E-state index is 13.2. The summed E-state index contributed by atoms with van der Waals surface area (Å²) >= 11 is 0. The Morgan fingerprint density at radius 1 is 1.00 bits per heavy atom. The highest BCUT2D eigenvalue weighted by Gasteiger charge is 2.57. The van der Waals surface area contributed by atoms with Gasteiger partial charge in [0.05, 0.1) is 0 Å². The van der Waals surface area contributed by atoms with E-state index in [2.05, 4.69) is 22.9 Å². The lowest BCUT2D eigenvalue weighted by Gasteiger charge is -2.37. The number of anilines is 1. The Balaban J connectivity index is 1.50. The molecule has 2 aromatic rings. The predicted molar refractivity (Wildman–Crippen MR) is 131 cm³/mol. The van der Waals surface area contributed by atoms with Crippen LogP contribution in [0.25, 0.3) is 0 Å². The number of urea groups is 1. The third-order valence-corrected chi connectivity index (χ3v) is 7.19. The molecule has 0 saturated carbocycles. The maximum Gasteiger partial charge on any atom is 0.327 e. The van der Waals surface area contributed by atoms with E-state index in [-0.39, 0.29) is 23.8 Å². The number of hydrogen-bond acceptors (Lipinski definition) is 5. The summed E-state index contributed by atoms with van der Waals surface area (Å²) in [5.74, 6) is 0.571. The fourth-order valence-electron chi connectivity index (χ4n) is 5.36. The van der Waals surface area contributed by atoms with Crippen molar-refractivity contribution in [2.75, 3.05) is 45.2 Å². The van der Waals surface area contributed by atoms with Gasteiger partial charge in [-0.3, -0.25) is 14.5 Å². The van der Waals surface area contributed by atoms with Gasteiger partial charge in [0.1, 0.15) is 5.82 Å². The number of rotatable bonds is 4. The fourth-order valence-corrected chi connectivity index (χ4v) is 5.36. The molecular weight excluding hydrogens is 430 g/mol. The molecule has 0 spiro atoms. The number of aryl methyl sites for hydroxylation is 2. The lowest BCUT2D eigenvalue weighted by Crippen LogP contribution is -2.49. The highest BCUT2D eigenvalue weighted by atomic mass is 16.2. The molecule has 0 N–H and O–H groups in total. The Morgan fingerprint density at radius 3 is 2.12 bits per heavy atom. The summed E-state index contributed by atoms with van der Waals surface area (Å²) in [6.45, 7) is 10.7. The summed E-state index contributed by atoms with van der Waals surface area (Å²) in [6, 6.07) is 8.96. The van der Waals surface area contributed by atoms with Crippen LogP contribution in [0.1, 0.15) is 40.9 Å². The normalized spacial score (nSPS) is 21.1. The molecule has 1 aromatic heterocycles. The number of carbonyl (C=O) groups excluding carboxylic acids is 3. The molecule has 2 fully saturated rings. The molecule has 1 unspecified atom stereocenters. The Morgan fingerprint density at radius 2 is 1.62 bits per heavy atom. The van der Waals surface area contributed by atoms with Crippen molar-refractivity contribution >= 4 is 23.7 Å². The third-order valence-electron chi connectivity index (χ3n) is 7.19. The Labute approximate surface area is 201 Å². The highest BCUT2D eigenvalue weighted by molar-refractivity contribution is 6.07. The Bertz CT molecular complexity index is 1120. The number of piperazine rings is 1. The third kappa shape index (κ3) is 3.61. The number of benzene rings is 1. The maximum absolute atomic E-state index is 13.2. The molecule has 2 aliphatic heterocycles. The summed E-state index contributed by atoms with van der Waals surface area (Å²) in [5, 5.41) is 0. The van der Waals surface area contributed by atoms with Crippen molar-refractivity contribution in [2.24, 2.45) is 5.92 Å². The van der Waals surface area contributed by atoms with E-state index in [9.17, 15) is 14.4 Å². The molecule has 34 heavy (non-hydrogen) atoms. The summed E-state index contributed by atoms with van der Waals surface area (Å²) in [6.07, 6.45) is 1.88. The first kappa shape index (κ1) is 23.7. The van der Waals surface area contributed by atoms with Crippen LogP contribution in [0.2, 0.25) is 0 Å². The zero-order valence-corrected chi connectivity index (χ0v) is 20.8. The lowest BCUT2D eigenvalue weighted by atomic mass is 9.78. The van der Waals surface area contributed by atoms with E-state index < -0.39 is 5.54 Å². The second kappa shape index (κ2) is 8.74. The van der Waals surface area contributed by atoms with Crippen LogP contribution in [0.5, 0.6) is 0 Å². The number of likely N-dealkylation sites (N-methyl/N-ethyl adjacent to an activating group) is 2. The molecular formula is C26H33N5O3. The van der Waals surface area contributed by atoms with E-state index in [1.807, 2.05) is 44.0 Å². The molecule has 2 aliphatic rings. The molecule has 0 aliphatic carbocycles. The van der Waals surface area contributed by atoms with Gasteiger partial charge < -0.3 is 14.7 Å². The molecule has 1 atom stereocenters. The van der Waals surface area contributed by atoms with E-state index in [0.717, 1.165) is 35.6 Å². The van der Waals surface area contributed by atoms with Gasteiger partial charge in [-0.25, -0.2) is 9.78 Å². The summed E-state index contributed by atoms with van der Waals surface area (Å²) in [4.78, 5) is 50.2. The first-order valence-corrected chi connectivity index (χ1v) is 11.7. The fraction of sp³-hybridized carbons (Fsp3) is 0.462. The van der Waals surface area contributed by atoms with Crippen LogP contribution in [0, 0.1) is 19.8 Å². The zero-order valence-electron chi connectivity index (χ0n) is 20.8. The van der Waals surface area contributed by atoms with Crippen molar-refractivity contribution in [3.63, 3.8) is 0 Å². The van der Waals surface area contributed by atoms with Crippen molar-refractivity contribution in [3.05, 3.63) is 58.8 Å². The Kier molecular flexibility index (Phi) is 6.10. The minimum absolute atomic E-state index is 0.0299. The topological polar surface area (TPSA) is 77.1 Å². The van der Waals surface area contributed by atoms with Crippen molar-refractivity contribution in [1.82, 2.24) is 19.7 Å². The van der Waals surface area contributed by atoms with Crippen LogP contribution in [-0.4, -0.2) is 77.8 Å². The van der Waals surface area contributed by atoms with E-state index in [0.29, 0.717) is 18.7 Å². The van der Waals surface area contributed by atoms with Crippen LogP contribution < -0.4 is 4.90 Å². The van der Waals surface area contributed by atoms with E-state index in [1.165, 1.54) is 16.8 Å². The highest BCUT2D eigenvalue weighted by Crippen LogP contribution is 2.42. The second-order valence-electron chi connectivity index (χ2n) is 9.64. The van der Waals surface area contributed by atoms with Gasteiger partial charge >= 0.3 is 6.03 Å². The van der Waals surface area contributed by atoms with Gasteiger partial charge in [-0.2, -0.15) is 0 Å². The van der Waals surface area contributed by atoms with E-state index in [1.54, 1.807) is 19.2 Å². The molecule has 2 saturated heterocycles. The van der Waals surface area contributed by atoms with Gasteiger partial charge in [-0.05, 0) is 48.6 Å². The molecule has 1 aromatic carbocycles.